The van der Waals surface area contributed by atoms with E-state index in [9.17, 15) is 0 Å². The Balaban J connectivity index is 2.02. The summed E-state index contributed by atoms with van der Waals surface area (Å²) in [6.07, 6.45) is 3.30. The summed E-state index contributed by atoms with van der Waals surface area (Å²) in [5, 5.41) is 0. The van der Waals surface area contributed by atoms with Crippen molar-refractivity contribution in [1.29, 1.82) is 0 Å². The fraction of sp³-hybridized carbons (Fsp3) is 0.571. The van der Waals surface area contributed by atoms with Crippen LogP contribution in [-0.4, -0.2) is 20.3 Å². The van der Waals surface area contributed by atoms with E-state index in [0.29, 0.717) is 5.92 Å². The molecule has 0 aromatic heterocycles. The van der Waals surface area contributed by atoms with Crippen LogP contribution in [0.4, 0.5) is 0 Å². The van der Waals surface area contributed by atoms with Gasteiger partial charge in [0.05, 0.1) is 7.11 Å². The van der Waals surface area contributed by atoms with Crippen molar-refractivity contribution >= 4 is 0 Å². The van der Waals surface area contributed by atoms with Crippen LogP contribution < -0.4 is 16.0 Å². The van der Waals surface area contributed by atoms with Crippen LogP contribution in [-0.2, 0) is 4.74 Å². The van der Waals surface area contributed by atoms with Gasteiger partial charge in [0.15, 0.2) is 0 Å². The van der Waals surface area contributed by atoms with E-state index in [4.69, 9.17) is 15.3 Å². The molecule has 18 heavy (non-hydrogen) atoms. The number of benzene rings is 1. The van der Waals surface area contributed by atoms with E-state index in [0.717, 1.165) is 38.2 Å². The summed E-state index contributed by atoms with van der Waals surface area (Å²) in [4.78, 5) is 0. The Morgan fingerprint density at radius 1 is 1.44 bits per heavy atom. The zero-order valence-corrected chi connectivity index (χ0v) is 10.9. The molecule has 0 bridgehead atoms. The summed E-state index contributed by atoms with van der Waals surface area (Å²) in [5.41, 5.74) is 4.10. The summed E-state index contributed by atoms with van der Waals surface area (Å²) < 4.78 is 10.6. The lowest BCUT2D eigenvalue weighted by Gasteiger charge is -2.26. The molecule has 2 rings (SSSR count). The van der Waals surface area contributed by atoms with Crippen LogP contribution in [0.25, 0.3) is 0 Å². The van der Waals surface area contributed by atoms with Crippen LogP contribution in [0, 0.1) is 5.92 Å². The average Bonchev–Trinajstić information content (AvgIpc) is 2.46. The van der Waals surface area contributed by atoms with E-state index in [1.807, 2.05) is 18.2 Å². The van der Waals surface area contributed by atoms with Crippen LogP contribution in [0.1, 0.15) is 30.9 Å². The van der Waals surface area contributed by atoms with Crippen molar-refractivity contribution in [3.63, 3.8) is 0 Å². The number of ether oxygens (including phenoxy) is 2. The van der Waals surface area contributed by atoms with Crippen molar-refractivity contribution < 1.29 is 9.47 Å². The van der Waals surface area contributed by atoms with Crippen molar-refractivity contribution in [2.45, 2.75) is 25.3 Å². The molecule has 4 nitrogen and oxygen atoms in total. The molecule has 3 N–H and O–H groups in total. The summed E-state index contributed by atoms with van der Waals surface area (Å²) in [6, 6.07) is 8.27. The third-order valence-electron chi connectivity index (χ3n) is 3.61. The zero-order chi connectivity index (χ0) is 12.8. The van der Waals surface area contributed by atoms with Gasteiger partial charge in [-0.1, -0.05) is 12.1 Å². The predicted molar refractivity (Wildman–Crippen MR) is 71.2 cm³/mol. The van der Waals surface area contributed by atoms with Gasteiger partial charge in [0.2, 0.25) is 0 Å². The third kappa shape index (κ3) is 3.45. The van der Waals surface area contributed by atoms with Crippen LogP contribution in [0.15, 0.2) is 24.3 Å². The molecular formula is C14H22N2O2. The van der Waals surface area contributed by atoms with Crippen LogP contribution in [0.5, 0.6) is 5.75 Å². The molecule has 1 atom stereocenters. The Kier molecular flexibility index (Phi) is 4.99. The molecule has 100 valence electrons. The second kappa shape index (κ2) is 6.73. The number of hydrogen-bond donors (Lipinski definition) is 2. The summed E-state index contributed by atoms with van der Waals surface area (Å²) in [7, 11) is 1.68. The molecule has 4 heteroatoms. The quantitative estimate of drug-likeness (QED) is 0.620. The molecule has 1 aliphatic rings. The highest BCUT2D eigenvalue weighted by molar-refractivity contribution is 5.30. The Morgan fingerprint density at radius 3 is 2.89 bits per heavy atom. The minimum absolute atomic E-state index is 0.184. The molecule has 1 aromatic carbocycles. The first kappa shape index (κ1) is 13.3. The SMILES string of the molecule is COc1cccc(C(CC2CCOCC2)NN)c1. The van der Waals surface area contributed by atoms with Gasteiger partial charge in [-0.05, 0) is 42.9 Å². The number of nitrogens with one attached hydrogen (secondary N) is 1. The van der Waals surface area contributed by atoms with Crippen LogP contribution >= 0.6 is 0 Å². The maximum atomic E-state index is 5.69. The molecule has 0 amide bonds. The van der Waals surface area contributed by atoms with E-state index in [-0.39, 0.29) is 6.04 Å². The van der Waals surface area contributed by atoms with Crippen LogP contribution in [0.2, 0.25) is 0 Å². The third-order valence-corrected chi connectivity index (χ3v) is 3.61. The van der Waals surface area contributed by atoms with Crippen molar-refractivity contribution in [2.75, 3.05) is 20.3 Å². The van der Waals surface area contributed by atoms with E-state index in [1.54, 1.807) is 7.11 Å². The lowest BCUT2D eigenvalue weighted by atomic mass is 9.90. The molecule has 0 saturated carbocycles. The Morgan fingerprint density at radius 2 is 2.22 bits per heavy atom. The normalized spacial score (nSPS) is 18.6. The monoisotopic (exact) mass is 250 g/mol. The number of hydrogen-bond acceptors (Lipinski definition) is 4. The molecule has 1 unspecified atom stereocenters. The summed E-state index contributed by atoms with van der Waals surface area (Å²) in [6.45, 7) is 1.75. The molecule has 1 heterocycles. The Labute approximate surface area is 108 Å². The van der Waals surface area contributed by atoms with Crippen molar-refractivity contribution in [3.8, 4) is 5.75 Å². The van der Waals surface area contributed by atoms with Crippen molar-refractivity contribution in [1.82, 2.24) is 5.43 Å². The number of nitrogens with two attached hydrogens (primary N) is 1. The van der Waals surface area contributed by atoms with Crippen LogP contribution in [0.3, 0.4) is 0 Å². The van der Waals surface area contributed by atoms with Gasteiger partial charge in [-0.3, -0.25) is 11.3 Å². The predicted octanol–water partition coefficient (Wildman–Crippen LogP) is 2.02. The fourth-order valence-corrected chi connectivity index (χ4v) is 2.47. The van der Waals surface area contributed by atoms with Crippen molar-refractivity contribution in [2.24, 2.45) is 11.8 Å². The molecule has 1 aliphatic heterocycles. The highest BCUT2D eigenvalue weighted by Crippen LogP contribution is 2.28. The van der Waals surface area contributed by atoms with E-state index in [2.05, 4.69) is 11.5 Å². The molecule has 0 aliphatic carbocycles. The minimum atomic E-state index is 0.184. The molecule has 1 saturated heterocycles. The molecule has 0 spiro atoms. The molecule has 1 fully saturated rings. The van der Waals surface area contributed by atoms with Gasteiger partial charge in [-0.25, -0.2) is 0 Å². The van der Waals surface area contributed by atoms with Gasteiger partial charge in [-0.2, -0.15) is 0 Å². The maximum absolute atomic E-state index is 5.69. The first-order valence-electron chi connectivity index (χ1n) is 6.51. The highest BCUT2D eigenvalue weighted by atomic mass is 16.5. The van der Waals surface area contributed by atoms with Crippen molar-refractivity contribution in [3.05, 3.63) is 29.8 Å². The van der Waals surface area contributed by atoms with Gasteiger partial charge in [-0.15, -0.1) is 0 Å². The van der Waals surface area contributed by atoms with Gasteiger partial charge in [0.1, 0.15) is 5.75 Å². The standard InChI is InChI=1S/C14H22N2O2/c1-17-13-4-2-3-12(10-13)14(16-15)9-11-5-7-18-8-6-11/h2-4,10-11,14,16H,5-9,15H2,1H3. The Bertz CT molecular complexity index is 365. The smallest absolute Gasteiger partial charge is 0.119 e. The van der Waals surface area contributed by atoms with Gasteiger partial charge in [0, 0.05) is 19.3 Å². The first-order valence-corrected chi connectivity index (χ1v) is 6.51. The number of methoxy groups -OCH3 is 1. The van der Waals surface area contributed by atoms with Gasteiger partial charge < -0.3 is 9.47 Å². The van der Waals surface area contributed by atoms with E-state index >= 15 is 0 Å². The second-order valence-electron chi connectivity index (χ2n) is 4.79. The topological polar surface area (TPSA) is 56.5 Å². The first-order chi connectivity index (χ1) is 8.83. The van der Waals surface area contributed by atoms with E-state index in [1.165, 1.54) is 5.56 Å². The highest BCUT2D eigenvalue weighted by Gasteiger charge is 2.20. The average molecular weight is 250 g/mol. The Hall–Kier alpha value is -1.10. The zero-order valence-electron chi connectivity index (χ0n) is 10.9. The lowest BCUT2D eigenvalue weighted by molar-refractivity contribution is 0.0605. The van der Waals surface area contributed by atoms with Gasteiger partial charge >= 0.3 is 0 Å². The second-order valence-corrected chi connectivity index (χ2v) is 4.79. The molecule has 1 aromatic rings. The lowest BCUT2D eigenvalue weighted by Crippen LogP contribution is -2.31. The summed E-state index contributed by atoms with van der Waals surface area (Å²) >= 11 is 0. The summed E-state index contributed by atoms with van der Waals surface area (Å²) in [5.74, 6) is 7.25. The molecule has 0 radical (unpaired) electrons. The maximum Gasteiger partial charge on any atom is 0.119 e. The number of hydrazine groups is 1. The fourth-order valence-electron chi connectivity index (χ4n) is 2.47. The van der Waals surface area contributed by atoms with E-state index < -0.39 is 0 Å². The van der Waals surface area contributed by atoms with Gasteiger partial charge in [0.25, 0.3) is 0 Å². The molecular weight excluding hydrogens is 228 g/mol. The minimum Gasteiger partial charge on any atom is -0.497 e. The number of rotatable bonds is 5. The largest absolute Gasteiger partial charge is 0.497 e.